The molecule has 1 aliphatic rings. The van der Waals surface area contributed by atoms with Gasteiger partial charge in [-0.15, -0.1) is 0 Å². The Labute approximate surface area is 95.1 Å². The zero-order chi connectivity index (χ0) is 11.4. The first-order valence-corrected chi connectivity index (χ1v) is 6.26. The van der Waals surface area contributed by atoms with Crippen molar-refractivity contribution in [3.63, 3.8) is 0 Å². The molecule has 15 heavy (non-hydrogen) atoms. The zero-order valence-corrected chi connectivity index (χ0v) is 10.3. The molecule has 0 bridgehead atoms. The highest BCUT2D eigenvalue weighted by molar-refractivity contribution is 8.00. The Morgan fingerprint density at radius 3 is 2.87 bits per heavy atom. The average molecular weight is 229 g/mol. The highest BCUT2D eigenvalue weighted by atomic mass is 32.2. The average Bonchev–Trinajstić information content (AvgIpc) is 2.18. The molecule has 0 aromatic carbocycles. The zero-order valence-electron chi connectivity index (χ0n) is 9.49. The number of urea groups is 1. The fourth-order valence-corrected chi connectivity index (χ4v) is 3.33. The lowest BCUT2D eigenvalue weighted by Gasteiger charge is -2.32. The molecule has 0 aromatic rings. The molecule has 0 saturated carbocycles. The number of nitrogens with one attached hydrogen (secondary N) is 1. The van der Waals surface area contributed by atoms with Gasteiger partial charge in [0.25, 0.3) is 0 Å². The minimum absolute atomic E-state index is 0.419. The molecule has 0 aromatic heterocycles. The molecule has 1 aliphatic heterocycles. The number of nitrogens with zero attached hydrogens (tertiary/aromatic N) is 1. The van der Waals surface area contributed by atoms with Gasteiger partial charge in [0.05, 0.1) is 0 Å². The van der Waals surface area contributed by atoms with Gasteiger partial charge in [-0.05, 0) is 12.8 Å². The first-order valence-electron chi connectivity index (χ1n) is 5.32. The van der Waals surface area contributed by atoms with Gasteiger partial charge >= 0.3 is 6.03 Å². The number of hydrogen-bond donors (Lipinski definition) is 2. The van der Waals surface area contributed by atoms with Crippen molar-refractivity contribution >= 4 is 23.5 Å². The molecule has 1 rings (SSSR count). The van der Waals surface area contributed by atoms with Crippen molar-refractivity contribution in [2.24, 2.45) is 16.8 Å². The van der Waals surface area contributed by atoms with Crippen LogP contribution in [0.1, 0.15) is 33.6 Å². The molecule has 0 aliphatic carbocycles. The van der Waals surface area contributed by atoms with Crippen LogP contribution >= 0.6 is 11.8 Å². The minimum Gasteiger partial charge on any atom is -0.350 e. The molecule has 1 heterocycles. The van der Waals surface area contributed by atoms with Crippen molar-refractivity contribution < 1.29 is 4.79 Å². The van der Waals surface area contributed by atoms with Crippen LogP contribution in [0, 0.1) is 5.92 Å². The fourth-order valence-electron chi connectivity index (χ4n) is 1.88. The van der Waals surface area contributed by atoms with E-state index in [1.54, 1.807) is 0 Å². The normalized spacial score (nSPS) is 34.1. The van der Waals surface area contributed by atoms with E-state index in [1.807, 2.05) is 11.8 Å². The largest absolute Gasteiger partial charge is 0.350 e. The van der Waals surface area contributed by atoms with E-state index in [1.165, 1.54) is 0 Å². The quantitative estimate of drug-likeness (QED) is 0.711. The van der Waals surface area contributed by atoms with Crippen LogP contribution < -0.4 is 11.2 Å². The number of carbonyl (C=O) groups is 1. The van der Waals surface area contributed by atoms with Crippen LogP contribution in [0.5, 0.6) is 0 Å². The molecule has 5 heteroatoms. The fraction of sp³-hybridized carbons (Fsp3) is 0.800. The van der Waals surface area contributed by atoms with E-state index >= 15 is 0 Å². The third kappa shape index (κ3) is 3.41. The van der Waals surface area contributed by atoms with Crippen LogP contribution in [0.4, 0.5) is 4.79 Å². The van der Waals surface area contributed by atoms with Gasteiger partial charge in [-0.25, -0.2) is 10.2 Å². The maximum Gasteiger partial charge on any atom is 0.332 e. The molecule has 1 saturated heterocycles. The summed E-state index contributed by atoms with van der Waals surface area (Å²) in [4.78, 5) is 10.6. The Kier molecular flexibility index (Phi) is 4.45. The van der Waals surface area contributed by atoms with E-state index < -0.39 is 6.03 Å². The summed E-state index contributed by atoms with van der Waals surface area (Å²) in [6.07, 6.45) is 2.06. The summed E-state index contributed by atoms with van der Waals surface area (Å²) in [5.41, 5.74) is 8.38. The topological polar surface area (TPSA) is 67.5 Å². The Bertz CT molecular complexity index is 267. The summed E-state index contributed by atoms with van der Waals surface area (Å²) in [7, 11) is 0. The Balaban J connectivity index is 2.69. The molecule has 86 valence electrons. The number of thioether (sulfide) groups is 1. The highest BCUT2D eigenvalue weighted by Crippen LogP contribution is 2.35. The van der Waals surface area contributed by atoms with E-state index in [2.05, 4.69) is 31.3 Å². The Hall–Kier alpha value is -0.710. The van der Waals surface area contributed by atoms with Gasteiger partial charge in [-0.2, -0.15) is 16.9 Å². The summed E-state index contributed by atoms with van der Waals surface area (Å²) < 4.78 is 0. The maximum absolute atomic E-state index is 10.6. The smallest absolute Gasteiger partial charge is 0.332 e. The molecular formula is C10H19N3OS. The van der Waals surface area contributed by atoms with Crippen LogP contribution in [0.25, 0.3) is 0 Å². The van der Waals surface area contributed by atoms with Crippen LogP contribution in [-0.4, -0.2) is 22.2 Å². The first-order chi connectivity index (χ1) is 7.04. The standard InChI is InChI=1S/C10H19N3OS/c1-4-9-7(3)8(5-6(2)15-9)12-13-10(11)14/h6-7,9H,4-5H2,1-3H3,(H3,11,13,14)/b12-8+/t6-,7+,9+/m1/s1. The number of carbonyl (C=O) groups excluding carboxylic acids is 1. The van der Waals surface area contributed by atoms with Crippen molar-refractivity contribution in [1.29, 1.82) is 0 Å². The Morgan fingerprint density at radius 1 is 1.67 bits per heavy atom. The molecular weight excluding hydrogens is 210 g/mol. The lowest BCUT2D eigenvalue weighted by Crippen LogP contribution is -2.35. The van der Waals surface area contributed by atoms with E-state index in [0.29, 0.717) is 16.4 Å². The van der Waals surface area contributed by atoms with Crippen molar-refractivity contribution in [2.75, 3.05) is 0 Å². The number of hydrazone groups is 1. The van der Waals surface area contributed by atoms with Gasteiger partial charge in [-0.1, -0.05) is 20.8 Å². The molecule has 0 spiro atoms. The summed E-state index contributed by atoms with van der Waals surface area (Å²) in [6.45, 7) is 6.54. The molecule has 3 N–H and O–H groups in total. The molecule has 1 fully saturated rings. The summed E-state index contributed by atoms with van der Waals surface area (Å²) in [6, 6.07) is -0.589. The van der Waals surface area contributed by atoms with E-state index in [-0.39, 0.29) is 0 Å². The van der Waals surface area contributed by atoms with Gasteiger partial charge in [0.1, 0.15) is 0 Å². The van der Waals surface area contributed by atoms with Gasteiger partial charge in [0, 0.05) is 22.1 Å². The number of primary amides is 1. The predicted octanol–water partition coefficient (Wildman–Crippen LogP) is 1.95. The second-order valence-electron chi connectivity index (χ2n) is 3.97. The lowest BCUT2D eigenvalue weighted by molar-refractivity contribution is 0.249. The van der Waals surface area contributed by atoms with Crippen molar-refractivity contribution in [1.82, 2.24) is 5.43 Å². The first kappa shape index (κ1) is 12.4. The predicted molar refractivity (Wildman–Crippen MR) is 65.1 cm³/mol. The van der Waals surface area contributed by atoms with E-state index in [4.69, 9.17) is 5.73 Å². The maximum atomic E-state index is 10.6. The van der Waals surface area contributed by atoms with Crippen molar-refractivity contribution in [3.05, 3.63) is 0 Å². The minimum atomic E-state index is -0.589. The highest BCUT2D eigenvalue weighted by Gasteiger charge is 2.29. The molecule has 0 radical (unpaired) electrons. The van der Waals surface area contributed by atoms with E-state index in [9.17, 15) is 4.79 Å². The summed E-state index contributed by atoms with van der Waals surface area (Å²) in [5.74, 6) is 0.419. The lowest BCUT2D eigenvalue weighted by atomic mass is 9.95. The summed E-state index contributed by atoms with van der Waals surface area (Å²) in [5, 5.41) is 5.26. The molecule has 2 amide bonds. The van der Waals surface area contributed by atoms with Crippen molar-refractivity contribution in [3.8, 4) is 0 Å². The SMILES string of the molecule is CC[C@@H]1S[C@H](C)C/C(=N\NC(N)=O)[C@@H]1C. The number of nitrogens with two attached hydrogens (primary N) is 1. The number of hydrogen-bond acceptors (Lipinski definition) is 3. The van der Waals surface area contributed by atoms with Gasteiger partial charge in [-0.3, -0.25) is 0 Å². The van der Waals surface area contributed by atoms with Crippen LogP contribution in [0.3, 0.4) is 0 Å². The summed E-state index contributed by atoms with van der Waals surface area (Å²) >= 11 is 2.01. The molecule has 0 unspecified atom stereocenters. The second-order valence-corrected chi connectivity index (χ2v) is 5.65. The van der Waals surface area contributed by atoms with Crippen LogP contribution in [0.15, 0.2) is 5.10 Å². The molecule has 4 nitrogen and oxygen atoms in total. The third-order valence-corrected chi connectivity index (χ3v) is 4.42. The number of amides is 2. The monoisotopic (exact) mass is 229 g/mol. The second kappa shape index (κ2) is 5.39. The van der Waals surface area contributed by atoms with Gasteiger partial charge in [0.15, 0.2) is 0 Å². The van der Waals surface area contributed by atoms with Gasteiger partial charge in [0.2, 0.25) is 0 Å². The Morgan fingerprint density at radius 2 is 2.33 bits per heavy atom. The van der Waals surface area contributed by atoms with E-state index in [0.717, 1.165) is 18.6 Å². The van der Waals surface area contributed by atoms with Gasteiger partial charge < -0.3 is 5.73 Å². The molecule has 3 atom stereocenters. The third-order valence-electron chi connectivity index (χ3n) is 2.70. The van der Waals surface area contributed by atoms with Crippen LogP contribution in [0.2, 0.25) is 0 Å². The van der Waals surface area contributed by atoms with Crippen molar-refractivity contribution in [2.45, 2.75) is 44.1 Å². The number of rotatable bonds is 2. The van der Waals surface area contributed by atoms with Crippen LogP contribution in [-0.2, 0) is 0 Å².